The molecule has 0 spiro atoms. The summed E-state index contributed by atoms with van der Waals surface area (Å²) in [6.45, 7) is 9.26. The van der Waals surface area contributed by atoms with Gasteiger partial charge in [0.15, 0.2) is 11.5 Å². The summed E-state index contributed by atoms with van der Waals surface area (Å²) in [6.07, 6.45) is 0.965. The molecule has 0 aliphatic carbocycles. The molecule has 1 aliphatic rings. The van der Waals surface area contributed by atoms with Crippen molar-refractivity contribution in [2.75, 3.05) is 53.7 Å². The standard InChI is InChI=1S/C16H24NO4/c1-13-11-14(18-2)16(19-3)15(12-13)21-8-4-5-17-6-9-20-10-7-17/h11-12H,1,4-10H2,2-3H3. The van der Waals surface area contributed by atoms with Crippen LogP contribution in [-0.2, 0) is 4.74 Å². The van der Waals surface area contributed by atoms with E-state index in [2.05, 4.69) is 11.8 Å². The fourth-order valence-corrected chi connectivity index (χ4v) is 2.39. The molecular formula is C16H24NO4. The van der Waals surface area contributed by atoms with Crippen LogP contribution in [0.1, 0.15) is 12.0 Å². The van der Waals surface area contributed by atoms with Crippen molar-refractivity contribution in [3.8, 4) is 17.2 Å². The average Bonchev–Trinajstić information content (AvgIpc) is 2.52. The summed E-state index contributed by atoms with van der Waals surface area (Å²) in [5.74, 6) is 1.95. The molecule has 1 radical (unpaired) electrons. The van der Waals surface area contributed by atoms with E-state index in [1.807, 2.05) is 12.1 Å². The van der Waals surface area contributed by atoms with Crippen molar-refractivity contribution in [2.24, 2.45) is 0 Å². The number of morpholine rings is 1. The third-order valence-corrected chi connectivity index (χ3v) is 3.48. The van der Waals surface area contributed by atoms with Gasteiger partial charge in [0.2, 0.25) is 5.75 Å². The molecule has 1 fully saturated rings. The van der Waals surface area contributed by atoms with E-state index in [4.69, 9.17) is 18.9 Å². The first-order valence-corrected chi connectivity index (χ1v) is 7.25. The second kappa shape index (κ2) is 8.10. The van der Waals surface area contributed by atoms with Gasteiger partial charge >= 0.3 is 0 Å². The molecular weight excluding hydrogens is 270 g/mol. The number of nitrogens with zero attached hydrogens (tertiary/aromatic N) is 1. The maximum atomic E-state index is 5.84. The molecule has 21 heavy (non-hydrogen) atoms. The molecule has 1 aromatic carbocycles. The van der Waals surface area contributed by atoms with Gasteiger partial charge in [0.1, 0.15) is 0 Å². The maximum absolute atomic E-state index is 5.84. The highest BCUT2D eigenvalue weighted by molar-refractivity contribution is 5.54. The van der Waals surface area contributed by atoms with Crippen molar-refractivity contribution in [2.45, 2.75) is 6.42 Å². The van der Waals surface area contributed by atoms with Gasteiger partial charge in [-0.05, 0) is 31.0 Å². The fraction of sp³-hybridized carbons (Fsp3) is 0.562. The van der Waals surface area contributed by atoms with Gasteiger partial charge < -0.3 is 18.9 Å². The van der Waals surface area contributed by atoms with Crippen LogP contribution < -0.4 is 14.2 Å². The predicted molar refractivity (Wildman–Crippen MR) is 81.4 cm³/mol. The van der Waals surface area contributed by atoms with E-state index in [9.17, 15) is 0 Å². The van der Waals surface area contributed by atoms with Gasteiger partial charge in [-0.2, -0.15) is 0 Å². The normalized spacial score (nSPS) is 15.8. The smallest absolute Gasteiger partial charge is 0.203 e. The van der Waals surface area contributed by atoms with Crippen molar-refractivity contribution >= 4 is 0 Å². The second-order valence-electron chi connectivity index (χ2n) is 4.99. The molecule has 2 rings (SSSR count). The Bertz CT molecular complexity index is 444. The molecule has 0 atom stereocenters. The van der Waals surface area contributed by atoms with Crippen LogP contribution in [-0.4, -0.2) is 58.6 Å². The maximum Gasteiger partial charge on any atom is 0.203 e. The lowest BCUT2D eigenvalue weighted by atomic mass is 10.2. The van der Waals surface area contributed by atoms with E-state index in [0.29, 0.717) is 23.9 Å². The molecule has 0 unspecified atom stereocenters. The van der Waals surface area contributed by atoms with Crippen molar-refractivity contribution < 1.29 is 18.9 Å². The van der Waals surface area contributed by atoms with E-state index in [0.717, 1.165) is 44.8 Å². The minimum Gasteiger partial charge on any atom is -0.493 e. The Labute approximate surface area is 126 Å². The van der Waals surface area contributed by atoms with E-state index in [1.165, 1.54) is 0 Å². The molecule has 5 nitrogen and oxygen atoms in total. The van der Waals surface area contributed by atoms with Crippen LogP contribution in [0.5, 0.6) is 17.2 Å². The SMILES string of the molecule is [CH2]c1cc(OC)c(OC)c(OCCCN2CCOCC2)c1. The summed E-state index contributed by atoms with van der Waals surface area (Å²) in [4.78, 5) is 2.39. The minimum absolute atomic E-state index is 0.622. The monoisotopic (exact) mass is 294 g/mol. The first-order valence-electron chi connectivity index (χ1n) is 7.25. The van der Waals surface area contributed by atoms with Crippen LogP contribution in [0.15, 0.2) is 12.1 Å². The molecule has 0 amide bonds. The molecule has 1 aliphatic heterocycles. The average molecular weight is 294 g/mol. The molecule has 1 heterocycles. The topological polar surface area (TPSA) is 40.2 Å². The lowest BCUT2D eigenvalue weighted by Gasteiger charge is -2.26. The molecule has 5 heteroatoms. The van der Waals surface area contributed by atoms with E-state index in [1.54, 1.807) is 14.2 Å². The largest absolute Gasteiger partial charge is 0.493 e. The Morgan fingerprint density at radius 3 is 2.52 bits per heavy atom. The molecule has 1 saturated heterocycles. The van der Waals surface area contributed by atoms with Crippen LogP contribution in [0.2, 0.25) is 0 Å². The molecule has 0 aromatic heterocycles. The molecule has 0 N–H and O–H groups in total. The van der Waals surface area contributed by atoms with E-state index >= 15 is 0 Å². The Balaban J connectivity index is 1.85. The van der Waals surface area contributed by atoms with Gasteiger partial charge in [0, 0.05) is 19.6 Å². The Kier molecular flexibility index (Phi) is 6.14. The number of hydrogen-bond donors (Lipinski definition) is 0. The Morgan fingerprint density at radius 2 is 1.86 bits per heavy atom. The first kappa shape index (κ1) is 15.9. The van der Waals surface area contributed by atoms with Crippen molar-refractivity contribution in [1.29, 1.82) is 0 Å². The molecule has 0 bridgehead atoms. The van der Waals surface area contributed by atoms with Gasteiger partial charge in [0.05, 0.1) is 34.0 Å². The van der Waals surface area contributed by atoms with Crippen molar-refractivity contribution in [3.05, 3.63) is 24.6 Å². The van der Waals surface area contributed by atoms with E-state index in [-0.39, 0.29) is 0 Å². The highest BCUT2D eigenvalue weighted by Gasteiger charge is 2.13. The van der Waals surface area contributed by atoms with Gasteiger partial charge in [-0.1, -0.05) is 0 Å². The number of methoxy groups -OCH3 is 2. The number of rotatable bonds is 7. The number of benzene rings is 1. The zero-order valence-corrected chi connectivity index (χ0v) is 12.9. The van der Waals surface area contributed by atoms with Crippen LogP contribution in [0.4, 0.5) is 0 Å². The first-order chi connectivity index (χ1) is 10.2. The summed E-state index contributed by atoms with van der Waals surface area (Å²) in [6, 6.07) is 3.70. The van der Waals surface area contributed by atoms with E-state index < -0.39 is 0 Å². The Hall–Kier alpha value is -1.46. The van der Waals surface area contributed by atoms with Gasteiger partial charge in [-0.25, -0.2) is 0 Å². The van der Waals surface area contributed by atoms with Crippen LogP contribution in [0.25, 0.3) is 0 Å². The molecule has 117 valence electrons. The second-order valence-corrected chi connectivity index (χ2v) is 4.99. The highest BCUT2D eigenvalue weighted by Crippen LogP contribution is 2.38. The van der Waals surface area contributed by atoms with Crippen LogP contribution >= 0.6 is 0 Å². The Morgan fingerprint density at radius 1 is 1.14 bits per heavy atom. The third-order valence-electron chi connectivity index (χ3n) is 3.48. The minimum atomic E-state index is 0.622. The lowest BCUT2D eigenvalue weighted by molar-refractivity contribution is 0.0357. The van der Waals surface area contributed by atoms with Crippen LogP contribution in [0, 0.1) is 6.92 Å². The fourth-order valence-electron chi connectivity index (χ4n) is 2.39. The lowest BCUT2D eigenvalue weighted by Crippen LogP contribution is -2.37. The molecule has 1 aromatic rings. The summed E-state index contributed by atoms with van der Waals surface area (Å²) in [7, 11) is 3.22. The summed E-state index contributed by atoms with van der Waals surface area (Å²) < 4.78 is 21.8. The zero-order chi connectivity index (χ0) is 15.1. The number of ether oxygens (including phenoxy) is 4. The van der Waals surface area contributed by atoms with Crippen LogP contribution in [0.3, 0.4) is 0 Å². The third kappa shape index (κ3) is 4.51. The quantitative estimate of drug-likeness (QED) is 0.719. The highest BCUT2D eigenvalue weighted by atomic mass is 16.5. The van der Waals surface area contributed by atoms with Crippen molar-refractivity contribution in [3.63, 3.8) is 0 Å². The summed E-state index contributed by atoms with van der Waals surface area (Å²) >= 11 is 0. The zero-order valence-electron chi connectivity index (χ0n) is 12.9. The van der Waals surface area contributed by atoms with Gasteiger partial charge in [-0.15, -0.1) is 0 Å². The summed E-state index contributed by atoms with van der Waals surface area (Å²) in [5, 5.41) is 0. The van der Waals surface area contributed by atoms with Gasteiger partial charge in [0.25, 0.3) is 0 Å². The number of hydrogen-bond acceptors (Lipinski definition) is 5. The summed E-state index contributed by atoms with van der Waals surface area (Å²) in [5.41, 5.74) is 0.843. The molecule has 0 saturated carbocycles. The van der Waals surface area contributed by atoms with Crippen molar-refractivity contribution in [1.82, 2.24) is 4.90 Å². The predicted octanol–water partition coefficient (Wildman–Crippen LogP) is 1.99. The van der Waals surface area contributed by atoms with Gasteiger partial charge in [-0.3, -0.25) is 4.90 Å².